The van der Waals surface area contributed by atoms with Gasteiger partial charge in [-0.3, -0.25) is 0 Å². The lowest BCUT2D eigenvalue weighted by Gasteiger charge is -2.18. The maximum atomic E-state index is 11.5. The molecule has 1 heterocycles. The molecule has 0 spiro atoms. The van der Waals surface area contributed by atoms with Crippen molar-refractivity contribution in [3.8, 4) is 0 Å². The van der Waals surface area contributed by atoms with Crippen LogP contribution >= 0.6 is 11.3 Å². The van der Waals surface area contributed by atoms with Crippen molar-refractivity contribution in [1.82, 2.24) is 0 Å². The lowest BCUT2D eigenvalue weighted by molar-refractivity contribution is 0.0696. The van der Waals surface area contributed by atoms with Crippen LogP contribution in [0, 0.1) is 0 Å². The van der Waals surface area contributed by atoms with E-state index >= 15 is 0 Å². The maximum absolute atomic E-state index is 11.5. The zero-order chi connectivity index (χ0) is 14.7. The normalized spacial score (nSPS) is 10.7. The summed E-state index contributed by atoms with van der Waals surface area (Å²) in [7, 11) is 0. The van der Waals surface area contributed by atoms with Gasteiger partial charge in [0, 0.05) is 11.3 Å². The van der Waals surface area contributed by atoms with Crippen molar-refractivity contribution >= 4 is 17.3 Å². The average Bonchev–Trinajstić information content (AvgIpc) is 2.99. The van der Waals surface area contributed by atoms with Gasteiger partial charge in [0.15, 0.2) is 0 Å². The summed E-state index contributed by atoms with van der Waals surface area (Å²) >= 11 is 1.43. The molecule has 1 N–H and O–H groups in total. The standard InChI is InChI=1S/C18H14O2S/c19-18(20)16-12-21-11-15(16)17(13-7-3-1-4-8-13)14-9-5-2-6-10-14/h1-12,17H,(H,19,20). The number of rotatable bonds is 4. The van der Waals surface area contributed by atoms with E-state index in [0.717, 1.165) is 16.7 Å². The van der Waals surface area contributed by atoms with Crippen LogP contribution in [0.25, 0.3) is 0 Å². The van der Waals surface area contributed by atoms with Gasteiger partial charge >= 0.3 is 5.97 Å². The lowest BCUT2D eigenvalue weighted by atomic mass is 9.85. The SMILES string of the molecule is O=C(O)c1cscc1C(c1ccccc1)c1ccccc1. The molecule has 21 heavy (non-hydrogen) atoms. The third-order valence-electron chi connectivity index (χ3n) is 3.50. The molecule has 0 amide bonds. The minimum Gasteiger partial charge on any atom is -0.478 e. The second-order valence-corrected chi connectivity index (χ2v) is 5.54. The van der Waals surface area contributed by atoms with Gasteiger partial charge in [-0.05, 0) is 22.1 Å². The quantitative estimate of drug-likeness (QED) is 0.762. The third kappa shape index (κ3) is 2.73. The van der Waals surface area contributed by atoms with Crippen LogP contribution in [0.15, 0.2) is 71.4 Å². The number of carbonyl (C=O) groups is 1. The molecule has 0 atom stereocenters. The van der Waals surface area contributed by atoms with E-state index in [0.29, 0.717) is 5.56 Å². The molecule has 0 radical (unpaired) electrons. The highest BCUT2D eigenvalue weighted by Crippen LogP contribution is 2.35. The summed E-state index contributed by atoms with van der Waals surface area (Å²) in [5.41, 5.74) is 3.44. The van der Waals surface area contributed by atoms with Crippen molar-refractivity contribution in [2.45, 2.75) is 5.92 Å². The predicted molar refractivity (Wildman–Crippen MR) is 85.1 cm³/mol. The first kappa shape index (κ1) is 13.6. The van der Waals surface area contributed by atoms with Crippen molar-refractivity contribution in [3.63, 3.8) is 0 Å². The Labute approximate surface area is 127 Å². The average molecular weight is 294 g/mol. The van der Waals surface area contributed by atoms with E-state index in [1.165, 1.54) is 11.3 Å². The molecule has 0 aliphatic heterocycles. The molecular weight excluding hydrogens is 280 g/mol. The number of carboxylic acid groups (broad SMARTS) is 1. The van der Waals surface area contributed by atoms with Crippen LogP contribution in [0.5, 0.6) is 0 Å². The van der Waals surface area contributed by atoms with Gasteiger partial charge in [0.25, 0.3) is 0 Å². The molecule has 104 valence electrons. The van der Waals surface area contributed by atoms with Crippen LogP contribution in [-0.4, -0.2) is 11.1 Å². The number of thiophene rings is 1. The number of hydrogen-bond acceptors (Lipinski definition) is 2. The Morgan fingerprint density at radius 1 is 0.857 bits per heavy atom. The molecule has 3 aromatic rings. The molecule has 2 nitrogen and oxygen atoms in total. The number of aromatic carboxylic acids is 1. The fraction of sp³-hybridized carbons (Fsp3) is 0.0556. The fourth-order valence-electron chi connectivity index (χ4n) is 2.55. The Morgan fingerprint density at radius 2 is 1.38 bits per heavy atom. The van der Waals surface area contributed by atoms with Gasteiger partial charge in [0.05, 0.1) is 5.56 Å². The molecule has 3 heteroatoms. The zero-order valence-electron chi connectivity index (χ0n) is 11.3. The smallest absolute Gasteiger partial charge is 0.336 e. The second-order valence-electron chi connectivity index (χ2n) is 4.80. The van der Waals surface area contributed by atoms with Crippen LogP contribution in [0.4, 0.5) is 0 Å². The van der Waals surface area contributed by atoms with Gasteiger partial charge in [-0.2, -0.15) is 11.3 Å². The molecule has 2 aromatic carbocycles. The molecule has 3 rings (SSSR count). The number of benzene rings is 2. The fourth-order valence-corrected chi connectivity index (χ4v) is 3.40. The minimum absolute atomic E-state index is 0.0512. The molecule has 0 bridgehead atoms. The molecule has 0 aliphatic carbocycles. The maximum Gasteiger partial charge on any atom is 0.336 e. The van der Waals surface area contributed by atoms with Gasteiger partial charge in [0.2, 0.25) is 0 Å². The lowest BCUT2D eigenvalue weighted by Crippen LogP contribution is -2.07. The summed E-state index contributed by atoms with van der Waals surface area (Å²) in [6.45, 7) is 0. The van der Waals surface area contributed by atoms with Crippen molar-refractivity contribution in [1.29, 1.82) is 0 Å². The van der Waals surface area contributed by atoms with Crippen LogP contribution in [0.1, 0.15) is 33.0 Å². The Hall–Kier alpha value is -2.39. The number of carboxylic acids is 1. The monoisotopic (exact) mass is 294 g/mol. The van der Waals surface area contributed by atoms with Crippen molar-refractivity contribution in [2.75, 3.05) is 0 Å². The van der Waals surface area contributed by atoms with Crippen molar-refractivity contribution < 1.29 is 9.90 Å². The van der Waals surface area contributed by atoms with Crippen LogP contribution in [0.2, 0.25) is 0 Å². The highest BCUT2D eigenvalue weighted by atomic mass is 32.1. The summed E-state index contributed by atoms with van der Waals surface area (Å²) in [6.07, 6.45) is 0. The van der Waals surface area contributed by atoms with E-state index in [9.17, 15) is 9.90 Å². The van der Waals surface area contributed by atoms with Crippen LogP contribution in [0.3, 0.4) is 0 Å². The Bertz CT molecular complexity index is 693. The molecule has 0 unspecified atom stereocenters. The van der Waals surface area contributed by atoms with Gasteiger partial charge in [-0.25, -0.2) is 4.79 Å². The summed E-state index contributed by atoms with van der Waals surface area (Å²) in [4.78, 5) is 11.5. The van der Waals surface area contributed by atoms with E-state index in [-0.39, 0.29) is 5.92 Å². The topological polar surface area (TPSA) is 37.3 Å². The largest absolute Gasteiger partial charge is 0.478 e. The van der Waals surface area contributed by atoms with Gasteiger partial charge in [-0.15, -0.1) is 0 Å². The van der Waals surface area contributed by atoms with Gasteiger partial charge in [-0.1, -0.05) is 60.7 Å². The Balaban J connectivity index is 2.18. The number of hydrogen-bond donors (Lipinski definition) is 1. The highest BCUT2D eigenvalue weighted by Gasteiger charge is 2.23. The van der Waals surface area contributed by atoms with Gasteiger partial charge in [0.1, 0.15) is 0 Å². The van der Waals surface area contributed by atoms with E-state index in [1.807, 2.05) is 66.0 Å². The Kier molecular flexibility index (Phi) is 3.84. The third-order valence-corrected chi connectivity index (χ3v) is 4.26. The zero-order valence-corrected chi connectivity index (χ0v) is 12.1. The summed E-state index contributed by atoms with van der Waals surface area (Å²) in [6, 6.07) is 20.0. The molecular formula is C18H14O2S. The van der Waals surface area contributed by atoms with E-state index in [2.05, 4.69) is 0 Å². The molecule has 1 aromatic heterocycles. The predicted octanol–water partition coefficient (Wildman–Crippen LogP) is 4.63. The summed E-state index contributed by atoms with van der Waals surface area (Å²) in [5, 5.41) is 13.0. The Morgan fingerprint density at radius 3 is 1.86 bits per heavy atom. The first-order valence-corrected chi connectivity index (χ1v) is 7.61. The highest BCUT2D eigenvalue weighted by molar-refractivity contribution is 7.08. The first-order valence-electron chi connectivity index (χ1n) is 6.66. The molecule has 0 saturated heterocycles. The van der Waals surface area contributed by atoms with E-state index in [1.54, 1.807) is 5.38 Å². The second kappa shape index (κ2) is 5.94. The van der Waals surface area contributed by atoms with Crippen molar-refractivity contribution in [2.24, 2.45) is 0 Å². The molecule has 0 fully saturated rings. The van der Waals surface area contributed by atoms with Crippen LogP contribution < -0.4 is 0 Å². The minimum atomic E-state index is -0.872. The first-order chi connectivity index (χ1) is 10.3. The van der Waals surface area contributed by atoms with Crippen LogP contribution in [-0.2, 0) is 0 Å². The summed E-state index contributed by atoms with van der Waals surface area (Å²) < 4.78 is 0. The molecule has 0 saturated carbocycles. The van der Waals surface area contributed by atoms with E-state index in [4.69, 9.17) is 0 Å². The van der Waals surface area contributed by atoms with Crippen molar-refractivity contribution in [3.05, 3.63) is 93.7 Å². The van der Waals surface area contributed by atoms with Gasteiger partial charge < -0.3 is 5.11 Å². The summed E-state index contributed by atoms with van der Waals surface area (Å²) in [5.74, 6) is -0.923. The molecule has 0 aliphatic rings. The van der Waals surface area contributed by atoms with E-state index < -0.39 is 5.97 Å².